The van der Waals surface area contributed by atoms with Gasteiger partial charge in [0.2, 0.25) is 0 Å². The van der Waals surface area contributed by atoms with Gasteiger partial charge in [-0.25, -0.2) is 0 Å². The molecule has 0 aromatic rings. The van der Waals surface area contributed by atoms with Crippen LogP contribution in [-0.2, 0) is 9.47 Å². The molecular formula is C16H33NO2. The summed E-state index contributed by atoms with van der Waals surface area (Å²) >= 11 is 0. The van der Waals surface area contributed by atoms with Gasteiger partial charge in [-0.3, -0.25) is 0 Å². The third-order valence-corrected chi connectivity index (χ3v) is 3.98. The monoisotopic (exact) mass is 271 g/mol. The summed E-state index contributed by atoms with van der Waals surface area (Å²) < 4.78 is 11.9. The molecule has 2 atom stereocenters. The van der Waals surface area contributed by atoms with Gasteiger partial charge in [-0.05, 0) is 38.6 Å². The van der Waals surface area contributed by atoms with E-state index >= 15 is 0 Å². The highest BCUT2D eigenvalue weighted by atomic mass is 16.5. The molecule has 0 aliphatic heterocycles. The normalized spacial score (nSPS) is 20.4. The molecule has 1 rings (SSSR count). The third-order valence-electron chi connectivity index (χ3n) is 3.98. The second-order valence-corrected chi connectivity index (χ2v) is 5.56. The fourth-order valence-electron chi connectivity index (χ4n) is 3.12. The second-order valence-electron chi connectivity index (χ2n) is 5.56. The topological polar surface area (TPSA) is 30.5 Å². The van der Waals surface area contributed by atoms with E-state index in [4.69, 9.17) is 9.47 Å². The lowest BCUT2D eigenvalue weighted by molar-refractivity contribution is -0.0395. The third kappa shape index (κ3) is 6.24. The lowest BCUT2D eigenvalue weighted by Gasteiger charge is -2.36. The van der Waals surface area contributed by atoms with Crippen LogP contribution in [0.3, 0.4) is 0 Å². The van der Waals surface area contributed by atoms with Gasteiger partial charge in [-0.2, -0.15) is 0 Å². The molecule has 1 aliphatic rings. The Morgan fingerprint density at radius 1 is 1.11 bits per heavy atom. The van der Waals surface area contributed by atoms with E-state index < -0.39 is 0 Å². The number of rotatable bonds is 10. The summed E-state index contributed by atoms with van der Waals surface area (Å²) in [6.45, 7) is 9.84. The van der Waals surface area contributed by atoms with Gasteiger partial charge in [0.25, 0.3) is 0 Å². The highest BCUT2D eigenvalue weighted by Gasteiger charge is 2.30. The second kappa shape index (κ2) is 10.6. The molecular weight excluding hydrogens is 238 g/mol. The minimum atomic E-state index is 0.321. The Kier molecular flexibility index (Phi) is 9.48. The summed E-state index contributed by atoms with van der Waals surface area (Å²) in [5.41, 5.74) is 0. The Morgan fingerprint density at radius 3 is 2.42 bits per heavy atom. The van der Waals surface area contributed by atoms with Crippen molar-refractivity contribution in [2.75, 3.05) is 26.4 Å². The quantitative estimate of drug-likeness (QED) is 0.618. The Labute approximate surface area is 119 Å². The Hall–Kier alpha value is -0.120. The van der Waals surface area contributed by atoms with Crippen LogP contribution >= 0.6 is 0 Å². The summed E-state index contributed by atoms with van der Waals surface area (Å²) in [5, 5.41) is 3.57. The summed E-state index contributed by atoms with van der Waals surface area (Å²) in [4.78, 5) is 0. The SMILES string of the molecule is CCCOCC(NCC)C(OCC)C1CCCCC1. The van der Waals surface area contributed by atoms with E-state index in [1.165, 1.54) is 32.1 Å². The van der Waals surface area contributed by atoms with Crippen molar-refractivity contribution in [3.63, 3.8) is 0 Å². The van der Waals surface area contributed by atoms with Gasteiger partial charge in [-0.1, -0.05) is 33.1 Å². The zero-order chi connectivity index (χ0) is 13.9. The molecule has 1 N–H and O–H groups in total. The Bertz CT molecular complexity index is 205. The first-order valence-electron chi connectivity index (χ1n) is 8.26. The number of nitrogens with one attached hydrogen (secondary N) is 1. The van der Waals surface area contributed by atoms with Gasteiger partial charge in [0.15, 0.2) is 0 Å². The first-order chi connectivity index (χ1) is 9.33. The molecule has 19 heavy (non-hydrogen) atoms. The maximum absolute atomic E-state index is 6.08. The van der Waals surface area contributed by atoms with Crippen molar-refractivity contribution in [1.29, 1.82) is 0 Å². The van der Waals surface area contributed by atoms with Crippen molar-refractivity contribution < 1.29 is 9.47 Å². The molecule has 3 nitrogen and oxygen atoms in total. The van der Waals surface area contributed by atoms with Gasteiger partial charge in [-0.15, -0.1) is 0 Å². The van der Waals surface area contributed by atoms with Gasteiger partial charge >= 0.3 is 0 Å². The lowest BCUT2D eigenvalue weighted by atomic mass is 9.82. The number of ether oxygens (including phenoxy) is 2. The predicted molar refractivity (Wildman–Crippen MR) is 80.6 cm³/mol. The van der Waals surface area contributed by atoms with Gasteiger partial charge in [0, 0.05) is 13.2 Å². The molecule has 114 valence electrons. The molecule has 0 saturated heterocycles. The molecule has 1 fully saturated rings. The average molecular weight is 271 g/mol. The van der Waals surface area contributed by atoms with E-state index in [1.807, 2.05) is 0 Å². The summed E-state index contributed by atoms with van der Waals surface area (Å²) in [6, 6.07) is 0.347. The molecule has 0 radical (unpaired) electrons. The molecule has 0 aromatic heterocycles. The standard InChI is InChI=1S/C16H33NO2/c1-4-12-18-13-15(17-5-2)16(19-6-3)14-10-8-7-9-11-14/h14-17H,4-13H2,1-3H3. The molecule has 1 saturated carbocycles. The van der Waals surface area contributed by atoms with Crippen molar-refractivity contribution >= 4 is 0 Å². The van der Waals surface area contributed by atoms with E-state index in [1.54, 1.807) is 0 Å². The molecule has 0 spiro atoms. The number of hydrogen-bond acceptors (Lipinski definition) is 3. The van der Waals surface area contributed by atoms with Crippen LogP contribution < -0.4 is 5.32 Å². The van der Waals surface area contributed by atoms with Crippen molar-refractivity contribution in [3.05, 3.63) is 0 Å². The average Bonchev–Trinajstić information content (AvgIpc) is 2.45. The van der Waals surface area contributed by atoms with Crippen LogP contribution in [0.25, 0.3) is 0 Å². The number of hydrogen-bond donors (Lipinski definition) is 1. The van der Waals surface area contributed by atoms with Crippen LogP contribution in [0.1, 0.15) is 59.3 Å². The zero-order valence-electron chi connectivity index (χ0n) is 13.1. The maximum atomic E-state index is 6.08. The van der Waals surface area contributed by atoms with E-state index in [0.29, 0.717) is 18.1 Å². The summed E-state index contributed by atoms with van der Waals surface area (Å²) in [7, 11) is 0. The van der Waals surface area contributed by atoms with E-state index in [2.05, 4.69) is 26.1 Å². The summed E-state index contributed by atoms with van der Waals surface area (Å²) in [5.74, 6) is 0.711. The van der Waals surface area contributed by atoms with Crippen LogP contribution in [0, 0.1) is 5.92 Å². The van der Waals surface area contributed by atoms with Gasteiger partial charge in [0.1, 0.15) is 0 Å². The molecule has 2 unspecified atom stereocenters. The minimum absolute atomic E-state index is 0.321. The Balaban J connectivity index is 2.55. The van der Waals surface area contributed by atoms with E-state index in [0.717, 1.165) is 32.8 Å². The smallest absolute Gasteiger partial charge is 0.0778 e. The summed E-state index contributed by atoms with van der Waals surface area (Å²) in [6.07, 6.45) is 8.17. The van der Waals surface area contributed by atoms with E-state index in [-0.39, 0.29) is 0 Å². The van der Waals surface area contributed by atoms with Crippen LogP contribution in [0.2, 0.25) is 0 Å². The van der Waals surface area contributed by atoms with E-state index in [9.17, 15) is 0 Å². The number of likely N-dealkylation sites (N-methyl/N-ethyl adjacent to an activating group) is 1. The van der Waals surface area contributed by atoms with Gasteiger partial charge < -0.3 is 14.8 Å². The molecule has 1 aliphatic carbocycles. The molecule has 0 heterocycles. The predicted octanol–water partition coefficient (Wildman–Crippen LogP) is 3.38. The van der Waals surface area contributed by atoms with Crippen LogP contribution in [0.5, 0.6) is 0 Å². The van der Waals surface area contributed by atoms with Crippen molar-refractivity contribution in [2.24, 2.45) is 5.92 Å². The lowest BCUT2D eigenvalue weighted by Crippen LogP contribution is -2.48. The van der Waals surface area contributed by atoms with Crippen molar-refractivity contribution in [2.45, 2.75) is 71.4 Å². The molecule has 0 amide bonds. The van der Waals surface area contributed by atoms with Crippen LogP contribution in [0.4, 0.5) is 0 Å². The molecule has 0 aromatic carbocycles. The highest BCUT2D eigenvalue weighted by Crippen LogP contribution is 2.29. The van der Waals surface area contributed by atoms with Crippen molar-refractivity contribution in [1.82, 2.24) is 5.32 Å². The van der Waals surface area contributed by atoms with Crippen LogP contribution in [-0.4, -0.2) is 38.5 Å². The fourth-order valence-corrected chi connectivity index (χ4v) is 3.12. The Morgan fingerprint density at radius 2 is 1.84 bits per heavy atom. The van der Waals surface area contributed by atoms with Gasteiger partial charge in [0.05, 0.1) is 18.8 Å². The largest absolute Gasteiger partial charge is 0.380 e. The fraction of sp³-hybridized carbons (Fsp3) is 1.00. The maximum Gasteiger partial charge on any atom is 0.0778 e. The van der Waals surface area contributed by atoms with Crippen LogP contribution in [0.15, 0.2) is 0 Å². The zero-order valence-corrected chi connectivity index (χ0v) is 13.1. The molecule has 3 heteroatoms. The first kappa shape index (κ1) is 16.9. The molecule has 0 bridgehead atoms. The van der Waals surface area contributed by atoms with Crippen molar-refractivity contribution in [3.8, 4) is 0 Å². The first-order valence-corrected chi connectivity index (χ1v) is 8.26. The minimum Gasteiger partial charge on any atom is -0.380 e. The highest BCUT2D eigenvalue weighted by molar-refractivity contribution is 4.85.